The molecule has 0 atom stereocenters. The Hall–Kier alpha value is -1.76. The first-order valence-corrected chi connectivity index (χ1v) is 12.1. The number of rotatable bonds is 10. The lowest BCUT2D eigenvalue weighted by Gasteiger charge is -2.29. The molecule has 0 aliphatic rings. The Bertz CT molecular complexity index is 778. The average Bonchev–Trinajstić information content (AvgIpc) is 2.54. The molecule has 1 aromatic carbocycles. The van der Waals surface area contributed by atoms with Crippen LogP contribution in [0.1, 0.15) is 60.5 Å². The number of benzene rings is 1. The van der Waals surface area contributed by atoms with Gasteiger partial charge in [-0.15, -0.1) is 0 Å². The third kappa shape index (κ3) is 9.07. The molecule has 29 heavy (non-hydrogen) atoms. The van der Waals surface area contributed by atoms with E-state index in [2.05, 4.69) is 18.7 Å². The van der Waals surface area contributed by atoms with Crippen molar-refractivity contribution < 1.29 is 17.4 Å². The molecule has 0 fully saturated rings. The van der Waals surface area contributed by atoms with Gasteiger partial charge in [0.2, 0.25) is 5.91 Å². The van der Waals surface area contributed by atoms with E-state index in [1.54, 1.807) is 11.0 Å². The van der Waals surface area contributed by atoms with Crippen LogP contribution in [0, 0.1) is 11.3 Å². The molecule has 0 spiro atoms. The molecule has 0 aliphatic carbocycles. The van der Waals surface area contributed by atoms with Crippen molar-refractivity contribution in [2.75, 3.05) is 30.8 Å². The predicted octanol–water partition coefficient (Wildman–Crippen LogP) is 4.29. The summed E-state index contributed by atoms with van der Waals surface area (Å²) in [5, 5.41) is 0. The van der Waals surface area contributed by atoms with Gasteiger partial charge in [-0.1, -0.05) is 40.7 Å². The lowest BCUT2D eigenvalue weighted by Crippen LogP contribution is -2.36. The van der Waals surface area contributed by atoms with Crippen LogP contribution >= 0.6 is 0 Å². The number of hydrogen-bond acceptors (Lipinski definition) is 5. The molecular weight excluding hydrogens is 388 g/mol. The van der Waals surface area contributed by atoms with E-state index in [9.17, 15) is 13.2 Å². The number of amides is 1. The number of hydrogen-bond donors (Lipinski definition) is 0. The molecule has 0 N–H and O–H groups in total. The summed E-state index contributed by atoms with van der Waals surface area (Å²) >= 11 is 0. The minimum Gasteiger partial charge on any atom is -0.382 e. The average molecular weight is 427 g/mol. The first-order chi connectivity index (χ1) is 13.3. The van der Waals surface area contributed by atoms with Crippen LogP contribution in [-0.2, 0) is 21.5 Å². The van der Waals surface area contributed by atoms with Crippen molar-refractivity contribution in [3.8, 4) is 5.75 Å². The summed E-state index contributed by atoms with van der Waals surface area (Å²) in [6.45, 7) is 16.9. The summed E-state index contributed by atoms with van der Waals surface area (Å²) in [5.41, 5.74) is 1.47. The van der Waals surface area contributed by atoms with Crippen molar-refractivity contribution in [3.05, 3.63) is 23.8 Å². The van der Waals surface area contributed by atoms with Crippen LogP contribution in [0.3, 0.4) is 0 Å². The number of nitrogens with zero attached hydrogens (tertiary/aromatic N) is 2. The first kappa shape index (κ1) is 25.3. The van der Waals surface area contributed by atoms with Crippen LogP contribution in [0.2, 0.25) is 0 Å². The maximum Gasteiger partial charge on any atom is 0.306 e. The molecular formula is C22H38N2O4S. The molecule has 7 heteroatoms. The van der Waals surface area contributed by atoms with Crippen molar-refractivity contribution >= 4 is 21.7 Å². The van der Waals surface area contributed by atoms with Gasteiger partial charge < -0.3 is 14.0 Å². The van der Waals surface area contributed by atoms with Gasteiger partial charge in [0.1, 0.15) is 5.75 Å². The zero-order chi connectivity index (χ0) is 22.4. The molecule has 0 saturated carbocycles. The molecule has 1 aromatic rings. The van der Waals surface area contributed by atoms with Gasteiger partial charge >= 0.3 is 10.1 Å². The highest BCUT2D eigenvalue weighted by Gasteiger charge is 2.24. The van der Waals surface area contributed by atoms with Crippen LogP contribution in [0.25, 0.3) is 0 Å². The first-order valence-electron chi connectivity index (χ1n) is 10.3. The van der Waals surface area contributed by atoms with E-state index in [0.717, 1.165) is 25.0 Å². The lowest BCUT2D eigenvalue weighted by atomic mass is 9.91. The Balaban J connectivity index is 3.30. The molecule has 1 amide bonds. The molecule has 0 unspecified atom stereocenters. The van der Waals surface area contributed by atoms with E-state index < -0.39 is 10.1 Å². The fraction of sp³-hybridized carbons (Fsp3) is 0.682. The second-order valence-corrected chi connectivity index (χ2v) is 10.7. The van der Waals surface area contributed by atoms with Gasteiger partial charge in [-0.3, -0.25) is 4.79 Å². The molecule has 6 nitrogen and oxygen atoms in total. The van der Waals surface area contributed by atoms with Gasteiger partial charge in [0.05, 0.1) is 6.26 Å². The zero-order valence-electron chi connectivity index (χ0n) is 19.3. The standard InChI is InChI=1S/C22H38N2O4S/c1-9-23(10-2)19-12-11-18(20(13-19)28-29(8,26)27)16-24(15-17(3)4)21(25)14-22(5,6)7/h11-13,17H,9-10,14-16H2,1-8H3. The van der Waals surface area contributed by atoms with Crippen molar-refractivity contribution in [1.29, 1.82) is 0 Å². The summed E-state index contributed by atoms with van der Waals surface area (Å²) in [5.74, 6) is 0.645. The highest BCUT2D eigenvalue weighted by molar-refractivity contribution is 7.86. The third-order valence-corrected chi connectivity index (χ3v) is 4.88. The van der Waals surface area contributed by atoms with Gasteiger partial charge in [0.25, 0.3) is 0 Å². The van der Waals surface area contributed by atoms with Crippen LogP contribution in [0.5, 0.6) is 5.75 Å². The largest absolute Gasteiger partial charge is 0.382 e. The van der Waals surface area contributed by atoms with Crippen LogP contribution in [0.4, 0.5) is 5.69 Å². The van der Waals surface area contributed by atoms with Gasteiger partial charge in [-0.2, -0.15) is 8.42 Å². The molecule has 0 radical (unpaired) electrons. The Morgan fingerprint density at radius 1 is 1.14 bits per heavy atom. The molecule has 0 saturated heterocycles. The van der Waals surface area contributed by atoms with Gasteiger partial charge in [-0.05, 0) is 31.2 Å². The van der Waals surface area contributed by atoms with Gasteiger partial charge in [0.15, 0.2) is 0 Å². The topological polar surface area (TPSA) is 66.9 Å². The molecule has 0 aliphatic heterocycles. The van der Waals surface area contributed by atoms with Crippen molar-refractivity contribution in [2.45, 2.75) is 61.4 Å². The third-order valence-electron chi connectivity index (χ3n) is 4.40. The fourth-order valence-corrected chi connectivity index (χ4v) is 3.65. The van der Waals surface area contributed by atoms with E-state index >= 15 is 0 Å². The van der Waals surface area contributed by atoms with Crippen LogP contribution in [-0.4, -0.2) is 45.1 Å². The lowest BCUT2D eigenvalue weighted by molar-refractivity contribution is -0.134. The quantitative estimate of drug-likeness (QED) is 0.522. The maximum absolute atomic E-state index is 12.9. The molecule has 166 valence electrons. The number of anilines is 1. The van der Waals surface area contributed by atoms with E-state index in [4.69, 9.17) is 4.18 Å². The molecule has 0 bridgehead atoms. The number of carbonyl (C=O) groups excluding carboxylic acids is 1. The monoisotopic (exact) mass is 426 g/mol. The maximum atomic E-state index is 12.9. The summed E-state index contributed by atoms with van der Waals surface area (Å²) in [7, 11) is -3.69. The summed E-state index contributed by atoms with van der Waals surface area (Å²) in [4.78, 5) is 16.8. The highest BCUT2D eigenvalue weighted by Crippen LogP contribution is 2.29. The highest BCUT2D eigenvalue weighted by atomic mass is 32.2. The molecule has 1 rings (SSSR count). The van der Waals surface area contributed by atoms with E-state index in [1.165, 1.54) is 0 Å². The second-order valence-electron chi connectivity index (χ2n) is 9.16. The summed E-state index contributed by atoms with van der Waals surface area (Å²) < 4.78 is 29.0. The number of carbonyl (C=O) groups is 1. The minimum atomic E-state index is -3.69. The molecule has 0 aromatic heterocycles. The Labute approximate surface area is 177 Å². The Morgan fingerprint density at radius 3 is 2.17 bits per heavy atom. The van der Waals surface area contributed by atoms with Gasteiger partial charge in [0, 0.05) is 49.9 Å². The minimum absolute atomic E-state index is 0.0596. The Kier molecular flexibility index (Phi) is 9.00. The van der Waals surface area contributed by atoms with Crippen molar-refractivity contribution in [2.24, 2.45) is 11.3 Å². The van der Waals surface area contributed by atoms with Crippen LogP contribution in [0.15, 0.2) is 18.2 Å². The zero-order valence-corrected chi connectivity index (χ0v) is 20.1. The van der Waals surface area contributed by atoms with Crippen LogP contribution < -0.4 is 9.08 Å². The molecule has 0 heterocycles. The van der Waals surface area contributed by atoms with Crippen molar-refractivity contribution in [1.82, 2.24) is 4.90 Å². The van der Waals surface area contributed by atoms with Gasteiger partial charge in [-0.25, -0.2) is 0 Å². The predicted molar refractivity (Wildman–Crippen MR) is 120 cm³/mol. The summed E-state index contributed by atoms with van der Waals surface area (Å²) in [6.07, 6.45) is 1.47. The Morgan fingerprint density at radius 2 is 1.72 bits per heavy atom. The van der Waals surface area contributed by atoms with Crippen molar-refractivity contribution in [3.63, 3.8) is 0 Å². The van der Waals surface area contributed by atoms with E-state index in [-0.39, 0.29) is 17.1 Å². The van der Waals surface area contributed by atoms with E-state index in [1.807, 2.05) is 46.8 Å². The van der Waals surface area contributed by atoms with E-state index in [0.29, 0.717) is 31.0 Å². The SMILES string of the molecule is CCN(CC)c1ccc(CN(CC(C)C)C(=O)CC(C)(C)C)c(OS(C)(=O)=O)c1. The summed E-state index contributed by atoms with van der Waals surface area (Å²) in [6, 6.07) is 5.58. The fourth-order valence-electron chi connectivity index (χ4n) is 3.17. The smallest absolute Gasteiger partial charge is 0.306 e. The normalized spacial score (nSPS) is 12.2. The second kappa shape index (κ2) is 10.3.